The molecule has 1 nitrogen and oxygen atoms in total. The average molecular weight is 204 g/mol. The van der Waals surface area contributed by atoms with Gasteiger partial charge in [0.1, 0.15) is 0 Å². The van der Waals surface area contributed by atoms with E-state index in [1.165, 1.54) is 17.5 Å². The maximum Gasteiger partial charge on any atom is 0.0568 e. The monoisotopic (exact) mass is 204 g/mol. The molecular formula is C14H20O. The summed E-state index contributed by atoms with van der Waals surface area (Å²) in [6, 6.07) is 8.59. The molecule has 1 aliphatic carbocycles. The molecule has 0 spiro atoms. The third-order valence-corrected chi connectivity index (χ3v) is 3.93. The highest BCUT2D eigenvalue weighted by molar-refractivity contribution is 5.26. The number of aryl methyl sites for hydroxylation is 1. The van der Waals surface area contributed by atoms with Crippen molar-refractivity contribution in [1.29, 1.82) is 0 Å². The summed E-state index contributed by atoms with van der Waals surface area (Å²) in [6.07, 6.45) is 3.22. The maximum atomic E-state index is 9.72. The molecule has 1 heteroatoms. The van der Waals surface area contributed by atoms with Crippen molar-refractivity contribution in [2.45, 2.75) is 39.2 Å². The van der Waals surface area contributed by atoms with Gasteiger partial charge in [0.05, 0.1) is 6.10 Å². The van der Waals surface area contributed by atoms with Crippen LogP contribution in [0.4, 0.5) is 0 Å². The van der Waals surface area contributed by atoms with Crippen molar-refractivity contribution < 1.29 is 5.11 Å². The van der Waals surface area contributed by atoms with Crippen molar-refractivity contribution in [1.82, 2.24) is 0 Å². The van der Waals surface area contributed by atoms with E-state index in [0.29, 0.717) is 11.8 Å². The van der Waals surface area contributed by atoms with Crippen LogP contribution in [0, 0.1) is 18.8 Å². The number of rotatable bonds is 2. The number of aliphatic hydroxyl groups is 1. The van der Waals surface area contributed by atoms with E-state index in [0.717, 1.165) is 12.8 Å². The van der Waals surface area contributed by atoms with Gasteiger partial charge >= 0.3 is 0 Å². The van der Waals surface area contributed by atoms with E-state index in [1.54, 1.807) is 0 Å². The topological polar surface area (TPSA) is 20.2 Å². The van der Waals surface area contributed by atoms with E-state index in [9.17, 15) is 5.11 Å². The molecule has 0 aliphatic heterocycles. The lowest BCUT2D eigenvalue weighted by Crippen LogP contribution is -2.17. The quantitative estimate of drug-likeness (QED) is 0.785. The lowest BCUT2D eigenvalue weighted by molar-refractivity contribution is 0.127. The smallest absolute Gasteiger partial charge is 0.0568 e. The van der Waals surface area contributed by atoms with Crippen molar-refractivity contribution in [3.63, 3.8) is 0 Å². The lowest BCUT2D eigenvalue weighted by atomic mass is 9.89. The fraction of sp³-hybridized carbons (Fsp3) is 0.571. The van der Waals surface area contributed by atoms with E-state index in [2.05, 4.69) is 38.1 Å². The first-order valence-electron chi connectivity index (χ1n) is 5.91. The minimum atomic E-state index is -0.0704. The molecule has 1 aromatic rings. The second-order valence-electron chi connectivity index (χ2n) is 4.89. The molecule has 3 unspecified atom stereocenters. The van der Waals surface area contributed by atoms with Crippen LogP contribution >= 0.6 is 0 Å². The highest BCUT2D eigenvalue weighted by atomic mass is 16.3. The zero-order chi connectivity index (χ0) is 10.8. The molecule has 1 aromatic carbocycles. The van der Waals surface area contributed by atoms with Gasteiger partial charge in [-0.2, -0.15) is 0 Å². The molecule has 0 radical (unpaired) electrons. The Morgan fingerprint density at radius 2 is 2.00 bits per heavy atom. The second-order valence-corrected chi connectivity index (χ2v) is 4.89. The number of hydrogen-bond acceptors (Lipinski definition) is 1. The molecule has 82 valence electrons. The van der Waals surface area contributed by atoms with Crippen LogP contribution < -0.4 is 0 Å². The molecule has 0 heterocycles. The van der Waals surface area contributed by atoms with Gasteiger partial charge in [0, 0.05) is 0 Å². The summed E-state index contributed by atoms with van der Waals surface area (Å²) in [5.74, 6) is 1.13. The minimum Gasteiger partial charge on any atom is -0.393 e. The fourth-order valence-corrected chi connectivity index (χ4v) is 2.63. The minimum absolute atomic E-state index is 0.0704. The molecule has 1 N–H and O–H groups in total. The van der Waals surface area contributed by atoms with Crippen molar-refractivity contribution in [2.24, 2.45) is 11.8 Å². The van der Waals surface area contributed by atoms with Crippen molar-refractivity contribution >= 4 is 0 Å². The SMILES string of the molecule is Cc1ccccc1CC1CCC(O)C1C. The summed E-state index contributed by atoms with van der Waals surface area (Å²) in [7, 11) is 0. The number of benzene rings is 1. The van der Waals surface area contributed by atoms with Gasteiger partial charge in [-0.1, -0.05) is 31.2 Å². The number of hydrogen-bond donors (Lipinski definition) is 1. The molecule has 1 saturated carbocycles. The number of aliphatic hydroxyl groups excluding tert-OH is 1. The summed E-state index contributed by atoms with van der Waals surface area (Å²) in [4.78, 5) is 0. The molecular weight excluding hydrogens is 184 g/mol. The summed E-state index contributed by atoms with van der Waals surface area (Å²) < 4.78 is 0. The predicted molar refractivity (Wildman–Crippen MR) is 62.8 cm³/mol. The van der Waals surface area contributed by atoms with Crippen LogP contribution in [0.2, 0.25) is 0 Å². The predicted octanol–water partition coefficient (Wildman–Crippen LogP) is 2.94. The zero-order valence-corrected chi connectivity index (χ0v) is 9.61. The van der Waals surface area contributed by atoms with E-state index in [-0.39, 0.29) is 6.10 Å². The molecule has 0 aromatic heterocycles. The van der Waals surface area contributed by atoms with Gasteiger partial charge in [-0.25, -0.2) is 0 Å². The standard InChI is InChI=1S/C14H20O/c1-10-5-3-4-6-12(10)9-13-7-8-14(15)11(13)2/h3-6,11,13-15H,7-9H2,1-2H3. The second kappa shape index (κ2) is 4.36. The van der Waals surface area contributed by atoms with Crippen molar-refractivity contribution in [3.8, 4) is 0 Å². The van der Waals surface area contributed by atoms with Gasteiger partial charge in [-0.05, 0) is 49.1 Å². The first kappa shape index (κ1) is 10.7. The first-order chi connectivity index (χ1) is 7.18. The van der Waals surface area contributed by atoms with Crippen LogP contribution in [0.5, 0.6) is 0 Å². The van der Waals surface area contributed by atoms with Crippen molar-refractivity contribution in [2.75, 3.05) is 0 Å². The van der Waals surface area contributed by atoms with E-state index >= 15 is 0 Å². The molecule has 0 bridgehead atoms. The molecule has 3 atom stereocenters. The zero-order valence-electron chi connectivity index (χ0n) is 9.61. The third-order valence-electron chi connectivity index (χ3n) is 3.93. The molecule has 0 saturated heterocycles. The Hall–Kier alpha value is -0.820. The summed E-state index contributed by atoms with van der Waals surface area (Å²) in [5.41, 5.74) is 2.83. The molecule has 1 aliphatic rings. The van der Waals surface area contributed by atoms with Crippen LogP contribution in [-0.2, 0) is 6.42 Å². The molecule has 1 fully saturated rings. The van der Waals surface area contributed by atoms with E-state index < -0.39 is 0 Å². The van der Waals surface area contributed by atoms with Gasteiger partial charge in [0.15, 0.2) is 0 Å². The lowest BCUT2D eigenvalue weighted by Gasteiger charge is -2.18. The highest BCUT2D eigenvalue weighted by Gasteiger charge is 2.31. The Balaban J connectivity index is 2.07. The van der Waals surface area contributed by atoms with Gasteiger partial charge in [-0.3, -0.25) is 0 Å². The summed E-state index contributed by atoms with van der Waals surface area (Å²) >= 11 is 0. The third kappa shape index (κ3) is 2.23. The Morgan fingerprint density at radius 1 is 1.27 bits per heavy atom. The van der Waals surface area contributed by atoms with Crippen LogP contribution in [0.1, 0.15) is 30.9 Å². The van der Waals surface area contributed by atoms with E-state index in [1.807, 2.05) is 0 Å². The van der Waals surface area contributed by atoms with Gasteiger partial charge in [-0.15, -0.1) is 0 Å². The normalized spacial score (nSPS) is 30.7. The van der Waals surface area contributed by atoms with Gasteiger partial charge in [0.2, 0.25) is 0 Å². The van der Waals surface area contributed by atoms with Crippen LogP contribution in [0.25, 0.3) is 0 Å². The van der Waals surface area contributed by atoms with Crippen molar-refractivity contribution in [3.05, 3.63) is 35.4 Å². The Bertz CT molecular complexity index is 332. The Morgan fingerprint density at radius 3 is 2.60 bits per heavy atom. The Kier molecular flexibility index (Phi) is 3.11. The Labute approximate surface area is 92.1 Å². The molecule has 15 heavy (non-hydrogen) atoms. The van der Waals surface area contributed by atoms with E-state index in [4.69, 9.17) is 0 Å². The van der Waals surface area contributed by atoms with Crippen LogP contribution in [0.15, 0.2) is 24.3 Å². The maximum absolute atomic E-state index is 9.72. The first-order valence-corrected chi connectivity index (χ1v) is 5.91. The molecule has 0 amide bonds. The molecule has 2 rings (SSSR count). The fourth-order valence-electron chi connectivity index (χ4n) is 2.63. The van der Waals surface area contributed by atoms with Crippen LogP contribution in [0.3, 0.4) is 0 Å². The average Bonchev–Trinajstić information content (AvgIpc) is 2.53. The van der Waals surface area contributed by atoms with Gasteiger partial charge < -0.3 is 5.11 Å². The summed E-state index contributed by atoms with van der Waals surface area (Å²) in [5, 5.41) is 9.72. The largest absolute Gasteiger partial charge is 0.393 e. The summed E-state index contributed by atoms with van der Waals surface area (Å²) in [6.45, 7) is 4.35. The van der Waals surface area contributed by atoms with Gasteiger partial charge in [0.25, 0.3) is 0 Å². The highest BCUT2D eigenvalue weighted by Crippen LogP contribution is 2.34. The van der Waals surface area contributed by atoms with Crippen LogP contribution in [-0.4, -0.2) is 11.2 Å².